The summed E-state index contributed by atoms with van der Waals surface area (Å²) in [5.41, 5.74) is 0. The fourth-order valence-corrected chi connectivity index (χ4v) is 4.46. The van der Waals surface area contributed by atoms with Gasteiger partial charge in [0.15, 0.2) is 0 Å². The average Bonchev–Trinajstić information content (AvgIpc) is 2.94. The van der Waals surface area contributed by atoms with Crippen LogP contribution in [0.2, 0.25) is 0 Å². The minimum atomic E-state index is -4.02. The summed E-state index contributed by atoms with van der Waals surface area (Å²) in [5, 5.41) is 0.770. The summed E-state index contributed by atoms with van der Waals surface area (Å²) >= 11 is 0. The summed E-state index contributed by atoms with van der Waals surface area (Å²) in [5.74, 6) is -2.17. The van der Waals surface area contributed by atoms with Gasteiger partial charge in [-0.1, -0.05) is 6.58 Å². The maximum atomic E-state index is 13.2. The molecule has 1 aliphatic rings. The molecule has 23 heavy (non-hydrogen) atoms. The highest BCUT2D eigenvalue weighted by atomic mass is 32.2. The summed E-state index contributed by atoms with van der Waals surface area (Å²) in [6.07, 6.45) is 0.441. The number of sulfonamides is 2. The van der Waals surface area contributed by atoms with Gasteiger partial charge in [-0.05, 0) is 24.5 Å². The molecule has 1 saturated heterocycles. The van der Waals surface area contributed by atoms with Gasteiger partial charge in [0.25, 0.3) is 0 Å². The molecule has 1 aromatic carbocycles. The molecule has 1 heterocycles. The maximum absolute atomic E-state index is 13.2. The number of nitrogens with one attached hydrogen (secondary N) is 1. The third-order valence-corrected chi connectivity index (χ3v) is 6.37. The lowest BCUT2D eigenvalue weighted by molar-refractivity contribution is 0.453. The molecule has 6 nitrogen and oxygen atoms in total. The van der Waals surface area contributed by atoms with Crippen molar-refractivity contribution in [3.8, 4) is 0 Å². The van der Waals surface area contributed by atoms with Crippen LogP contribution in [0.15, 0.2) is 35.1 Å². The molecule has 10 heteroatoms. The average molecular weight is 366 g/mol. The van der Waals surface area contributed by atoms with E-state index in [1.807, 2.05) is 0 Å². The number of nitrogens with zero attached hydrogens (tertiary/aromatic N) is 1. The number of benzene rings is 1. The summed E-state index contributed by atoms with van der Waals surface area (Å²) in [6.45, 7) is 3.45. The Kier molecular flexibility index (Phi) is 5.19. The first-order valence-electron chi connectivity index (χ1n) is 6.72. The van der Waals surface area contributed by atoms with Crippen molar-refractivity contribution in [3.05, 3.63) is 41.8 Å². The van der Waals surface area contributed by atoms with Crippen LogP contribution in [0.1, 0.15) is 6.42 Å². The van der Waals surface area contributed by atoms with Gasteiger partial charge in [-0.25, -0.2) is 30.3 Å². The van der Waals surface area contributed by atoms with Gasteiger partial charge >= 0.3 is 0 Å². The summed E-state index contributed by atoms with van der Waals surface area (Å²) in [4.78, 5) is -0.456. The van der Waals surface area contributed by atoms with Gasteiger partial charge in [0, 0.05) is 31.1 Å². The topological polar surface area (TPSA) is 83.6 Å². The lowest BCUT2D eigenvalue weighted by Crippen LogP contribution is -2.32. The van der Waals surface area contributed by atoms with Crippen molar-refractivity contribution in [2.24, 2.45) is 5.92 Å². The summed E-state index contributed by atoms with van der Waals surface area (Å²) in [7, 11) is -7.60. The third kappa shape index (κ3) is 4.34. The molecule has 0 saturated carbocycles. The minimum absolute atomic E-state index is 0.0673. The van der Waals surface area contributed by atoms with Crippen LogP contribution in [0, 0.1) is 17.6 Å². The van der Waals surface area contributed by atoms with Gasteiger partial charge in [0.1, 0.15) is 11.6 Å². The molecule has 0 aliphatic carbocycles. The number of hydrogen-bond acceptors (Lipinski definition) is 4. The van der Waals surface area contributed by atoms with Crippen molar-refractivity contribution in [1.29, 1.82) is 0 Å². The molecule has 0 amide bonds. The van der Waals surface area contributed by atoms with Crippen molar-refractivity contribution < 1.29 is 25.6 Å². The first-order chi connectivity index (χ1) is 10.6. The zero-order valence-corrected chi connectivity index (χ0v) is 13.7. The monoisotopic (exact) mass is 366 g/mol. The van der Waals surface area contributed by atoms with E-state index < -0.39 is 36.6 Å². The molecule has 0 unspecified atom stereocenters. The lowest BCUT2D eigenvalue weighted by Gasteiger charge is -2.17. The smallest absolute Gasteiger partial charge is 0.211 e. The van der Waals surface area contributed by atoms with E-state index in [1.54, 1.807) is 0 Å². The Morgan fingerprint density at radius 1 is 1.22 bits per heavy atom. The van der Waals surface area contributed by atoms with Crippen molar-refractivity contribution in [3.63, 3.8) is 0 Å². The standard InChI is InChI=1S/C13H16F2N2O4S2/c1-2-22(18,19)16-8-10-3-4-17(9-10)23(20,21)13-6-11(14)5-12(15)7-13/h2,5-7,10,16H,1,3-4,8-9H2/t10-/m1/s1. The predicted octanol–water partition coefficient (Wildman–Crippen LogP) is 1.04. The van der Waals surface area contributed by atoms with Gasteiger partial charge in [0.05, 0.1) is 4.90 Å². The first kappa shape index (κ1) is 18.0. The fraction of sp³-hybridized carbons (Fsp3) is 0.385. The van der Waals surface area contributed by atoms with Crippen LogP contribution in [0.4, 0.5) is 8.78 Å². The molecule has 1 aliphatic heterocycles. The van der Waals surface area contributed by atoms with E-state index in [-0.39, 0.29) is 25.6 Å². The van der Waals surface area contributed by atoms with E-state index in [4.69, 9.17) is 0 Å². The summed E-state index contributed by atoms with van der Waals surface area (Å²) < 4.78 is 77.1. The fourth-order valence-electron chi connectivity index (χ4n) is 2.30. The minimum Gasteiger partial charge on any atom is -0.211 e. The van der Waals surface area contributed by atoms with E-state index >= 15 is 0 Å². The Balaban J connectivity index is 2.09. The van der Waals surface area contributed by atoms with E-state index in [2.05, 4.69) is 11.3 Å². The Morgan fingerprint density at radius 3 is 2.39 bits per heavy atom. The van der Waals surface area contributed by atoms with Gasteiger partial charge in [-0.15, -0.1) is 0 Å². The normalized spacial score (nSPS) is 19.8. The van der Waals surface area contributed by atoms with Gasteiger partial charge in [-0.2, -0.15) is 4.31 Å². The Labute approximate surface area is 133 Å². The van der Waals surface area contributed by atoms with E-state index in [9.17, 15) is 25.6 Å². The molecule has 1 fully saturated rings. The van der Waals surface area contributed by atoms with Crippen molar-refractivity contribution >= 4 is 20.0 Å². The van der Waals surface area contributed by atoms with Crippen LogP contribution in [0.3, 0.4) is 0 Å². The Bertz CT molecular complexity index is 789. The van der Waals surface area contributed by atoms with Crippen molar-refractivity contribution in [2.75, 3.05) is 19.6 Å². The number of hydrogen-bond donors (Lipinski definition) is 1. The van der Waals surface area contributed by atoms with Gasteiger partial charge < -0.3 is 0 Å². The SMILES string of the molecule is C=CS(=O)(=O)NC[C@H]1CCN(S(=O)(=O)c2cc(F)cc(F)c2)C1. The number of rotatable bonds is 6. The molecular formula is C13H16F2N2O4S2. The largest absolute Gasteiger partial charge is 0.243 e. The van der Waals surface area contributed by atoms with Crippen LogP contribution in [0.25, 0.3) is 0 Å². The molecule has 128 valence electrons. The van der Waals surface area contributed by atoms with E-state index in [0.29, 0.717) is 12.5 Å². The van der Waals surface area contributed by atoms with Crippen LogP contribution in [-0.4, -0.2) is 40.8 Å². The molecule has 0 radical (unpaired) electrons. The molecule has 0 aromatic heterocycles. The van der Waals surface area contributed by atoms with Crippen LogP contribution < -0.4 is 4.72 Å². The van der Waals surface area contributed by atoms with Gasteiger partial charge in [0.2, 0.25) is 20.0 Å². The Hall–Kier alpha value is -1.36. The zero-order valence-electron chi connectivity index (χ0n) is 12.1. The molecule has 0 bridgehead atoms. The first-order valence-corrected chi connectivity index (χ1v) is 9.71. The Morgan fingerprint density at radius 2 is 1.83 bits per heavy atom. The van der Waals surface area contributed by atoms with Crippen LogP contribution in [-0.2, 0) is 20.0 Å². The molecule has 1 N–H and O–H groups in total. The second kappa shape index (κ2) is 6.63. The van der Waals surface area contributed by atoms with E-state index in [1.165, 1.54) is 0 Å². The highest BCUT2D eigenvalue weighted by molar-refractivity contribution is 7.92. The van der Waals surface area contributed by atoms with Crippen LogP contribution >= 0.6 is 0 Å². The third-order valence-electron chi connectivity index (χ3n) is 3.52. The maximum Gasteiger partial charge on any atom is 0.243 e. The molecule has 0 spiro atoms. The van der Waals surface area contributed by atoms with Crippen molar-refractivity contribution in [2.45, 2.75) is 11.3 Å². The van der Waals surface area contributed by atoms with E-state index in [0.717, 1.165) is 21.8 Å². The predicted molar refractivity (Wildman–Crippen MR) is 80.3 cm³/mol. The molecule has 1 atom stereocenters. The zero-order chi connectivity index (χ0) is 17.3. The van der Waals surface area contributed by atoms with Gasteiger partial charge in [-0.3, -0.25) is 0 Å². The second-order valence-corrected chi connectivity index (χ2v) is 8.83. The lowest BCUT2D eigenvalue weighted by atomic mass is 10.1. The summed E-state index contributed by atoms with van der Waals surface area (Å²) in [6, 6.07) is 2.11. The molecular weight excluding hydrogens is 350 g/mol. The van der Waals surface area contributed by atoms with Crippen LogP contribution in [0.5, 0.6) is 0 Å². The number of halogens is 2. The molecule has 2 rings (SSSR count). The highest BCUT2D eigenvalue weighted by Gasteiger charge is 2.33. The second-order valence-electron chi connectivity index (χ2n) is 5.18. The molecule has 1 aromatic rings. The van der Waals surface area contributed by atoms with Crippen molar-refractivity contribution in [1.82, 2.24) is 9.03 Å². The highest BCUT2D eigenvalue weighted by Crippen LogP contribution is 2.25. The quantitative estimate of drug-likeness (QED) is 0.815.